The maximum Gasteiger partial charge on any atom is 0.338 e. The Bertz CT molecular complexity index is 1370. The molecule has 0 bridgehead atoms. The minimum absolute atomic E-state index is 0.0287. The summed E-state index contributed by atoms with van der Waals surface area (Å²) in [6.07, 6.45) is -2.89. The molecule has 5 rings (SSSR count). The van der Waals surface area contributed by atoms with Gasteiger partial charge in [-0.2, -0.15) is 0 Å². The average Bonchev–Trinajstić information content (AvgIpc) is 3.34. The zero-order chi connectivity index (χ0) is 31.9. The molecule has 4 aliphatic carbocycles. The second-order valence-electron chi connectivity index (χ2n) is 14.3. The summed E-state index contributed by atoms with van der Waals surface area (Å²) in [5.41, 5.74) is -6.35. The number of benzene rings is 1. The van der Waals surface area contributed by atoms with Gasteiger partial charge >= 0.3 is 23.9 Å². The first-order chi connectivity index (χ1) is 19.8. The van der Waals surface area contributed by atoms with Crippen molar-refractivity contribution >= 4 is 29.7 Å². The Morgan fingerprint density at radius 3 is 2.02 bits per heavy atom. The molecule has 1 aromatic rings. The van der Waals surface area contributed by atoms with E-state index in [0.29, 0.717) is 12.0 Å². The van der Waals surface area contributed by atoms with Crippen LogP contribution in [0.2, 0.25) is 0 Å². The number of rotatable bonds is 5. The van der Waals surface area contributed by atoms with E-state index in [-0.39, 0.29) is 18.6 Å². The van der Waals surface area contributed by atoms with Crippen molar-refractivity contribution in [2.45, 2.75) is 104 Å². The van der Waals surface area contributed by atoms with E-state index in [2.05, 4.69) is 0 Å². The van der Waals surface area contributed by atoms with Crippen molar-refractivity contribution in [1.82, 2.24) is 0 Å². The Kier molecular flexibility index (Phi) is 7.16. The lowest BCUT2D eigenvalue weighted by atomic mass is 9.47. The van der Waals surface area contributed by atoms with Gasteiger partial charge in [0.25, 0.3) is 0 Å². The number of fused-ring (bicyclic) bond motifs is 4. The summed E-state index contributed by atoms with van der Waals surface area (Å²) in [5.74, 6) is -4.89. The summed E-state index contributed by atoms with van der Waals surface area (Å²) < 4.78 is 24.2. The van der Waals surface area contributed by atoms with E-state index >= 15 is 0 Å². The van der Waals surface area contributed by atoms with Crippen molar-refractivity contribution < 1.29 is 48.0 Å². The van der Waals surface area contributed by atoms with E-state index in [1.807, 2.05) is 20.8 Å². The summed E-state index contributed by atoms with van der Waals surface area (Å²) in [5, 5.41) is 12.8. The third-order valence-electron chi connectivity index (χ3n) is 11.1. The Labute approximate surface area is 251 Å². The fourth-order valence-electron chi connectivity index (χ4n) is 9.60. The highest BCUT2D eigenvalue weighted by atomic mass is 16.6. The fraction of sp³-hybridized carbons (Fsp3) is 0.667. The molecule has 4 fully saturated rings. The number of hydrogen-bond donors (Lipinski definition) is 1. The highest BCUT2D eigenvalue weighted by Crippen LogP contribution is 2.77. The molecule has 4 aliphatic rings. The molecule has 0 radical (unpaired) electrons. The highest BCUT2D eigenvalue weighted by molar-refractivity contribution is 5.97. The molecule has 1 aromatic carbocycles. The number of ketones is 1. The average molecular weight is 599 g/mol. The van der Waals surface area contributed by atoms with Crippen LogP contribution in [0.25, 0.3) is 0 Å². The predicted molar refractivity (Wildman–Crippen MR) is 151 cm³/mol. The molecule has 0 aliphatic heterocycles. The van der Waals surface area contributed by atoms with Crippen LogP contribution >= 0.6 is 0 Å². The number of carbonyl (C=O) groups is 5. The molecule has 10 nitrogen and oxygen atoms in total. The first-order valence-corrected chi connectivity index (χ1v) is 14.9. The van der Waals surface area contributed by atoms with E-state index in [0.717, 1.165) is 0 Å². The molecule has 0 spiro atoms. The summed E-state index contributed by atoms with van der Waals surface area (Å²) in [4.78, 5) is 65.6. The first-order valence-electron chi connectivity index (χ1n) is 14.9. The number of aliphatic hydroxyl groups is 1. The molecule has 0 unspecified atom stereocenters. The van der Waals surface area contributed by atoms with Crippen LogP contribution in [0.5, 0.6) is 0 Å². The lowest BCUT2D eigenvalue weighted by Gasteiger charge is -2.62. The fourth-order valence-corrected chi connectivity index (χ4v) is 9.60. The molecule has 10 atom stereocenters. The lowest BCUT2D eigenvalue weighted by molar-refractivity contribution is -0.284. The van der Waals surface area contributed by atoms with Gasteiger partial charge in [-0.3, -0.25) is 19.2 Å². The number of Topliss-reactive ketones (excluding diaryl/α,β-unsaturated/α-hetero) is 1. The van der Waals surface area contributed by atoms with Gasteiger partial charge in [0, 0.05) is 49.4 Å². The number of ether oxygens (including phenoxy) is 4. The standard InChI is InChI=1S/C33H42O10/c1-17-14-32(39)23(24(17)42-26(37)21-12-10-9-11-13-21)25(40-18(2)34)30(7)16-33(43-20(4)36)22(15-29(5,6)27(33)38)31(30,8)28(32)41-19(3)35/h9-13,17,22-25,28,39H,14-16H2,1-8H3/t17-,22-,23+,24+,25-,28+,30-,31+,32+,33-/m0/s1. The van der Waals surface area contributed by atoms with Crippen molar-refractivity contribution in [3.05, 3.63) is 35.9 Å². The van der Waals surface area contributed by atoms with Crippen molar-refractivity contribution in [3.63, 3.8) is 0 Å². The van der Waals surface area contributed by atoms with Gasteiger partial charge in [-0.05, 0) is 30.9 Å². The molecule has 43 heavy (non-hydrogen) atoms. The van der Waals surface area contributed by atoms with Gasteiger partial charge in [-0.1, -0.05) is 52.8 Å². The van der Waals surface area contributed by atoms with Crippen LogP contribution < -0.4 is 0 Å². The molecule has 4 saturated carbocycles. The Balaban J connectivity index is 1.73. The zero-order valence-electron chi connectivity index (χ0n) is 26.1. The van der Waals surface area contributed by atoms with Gasteiger partial charge < -0.3 is 24.1 Å². The summed E-state index contributed by atoms with van der Waals surface area (Å²) in [6.45, 7) is 12.8. The van der Waals surface area contributed by atoms with Crippen molar-refractivity contribution in [1.29, 1.82) is 0 Å². The number of carbonyl (C=O) groups excluding carboxylic acids is 5. The molecule has 0 saturated heterocycles. The molecule has 0 aromatic heterocycles. The highest BCUT2D eigenvalue weighted by Gasteiger charge is 2.86. The van der Waals surface area contributed by atoms with E-state index in [9.17, 15) is 29.1 Å². The van der Waals surface area contributed by atoms with E-state index in [1.54, 1.807) is 44.2 Å². The van der Waals surface area contributed by atoms with Crippen LogP contribution in [-0.2, 0) is 38.1 Å². The minimum Gasteiger partial charge on any atom is -0.461 e. The normalized spacial score (nSPS) is 42.3. The smallest absolute Gasteiger partial charge is 0.338 e. The van der Waals surface area contributed by atoms with Crippen molar-refractivity contribution in [2.24, 2.45) is 34.0 Å². The Hall–Kier alpha value is -3.27. The van der Waals surface area contributed by atoms with E-state index in [4.69, 9.17) is 18.9 Å². The number of hydrogen-bond acceptors (Lipinski definition) is 10. The first kappa shape index (κ1) is 31.2. The van der Waals surface area contributed by atoms with Gasteiger partial charge in [0.1, 0.15) is 23.9 Å². The quantitative estimate of drug-likeness (QED) is 0.393. The maximum atomic E-state index is 14.2. The molecular weight excluding hydrogens is 556 g/mol. The monoisotopic (exact) mass is 598 g/mol. The second kappa shape index (κ2) is 9.87. The van der Waals surface area contributed by atoms with E-state index in [1.165, 1.54) is 20.8 Å². The SMILES string of the molecule is CC(=O)O[C@H]1[C@@]2(O)C[C@H](C)[C@@H](OC(=O)c3ccccc3)[C@@H]2[C@H](OC(C)=O)[C@]2(C)C[C@@]3(OC(C)=O)C(=O)C(C)(C)C[C@H]3[C@]12C. The maximum absolute atomic E-state index is 14.2. The summed E-state index contributed by atoms with van der Waals surface area (Å²) in [6, 6.07) is 8.43. The van der Waals surface area contributed by atoms with Crippen LogP contribution in [0.1, 0.15) is 85.0 Å². The second-order valence-corrected chi connectivity index (χ2v) is 14.3. The van der Waals surface area contributed by atoms with Gasteiger partial charge in [0.05, 0.1) is 11.5 Å². The molecule has 234 valence electrons. The van der Waals surface area contributed by atoms with Crippen LogP contribution in [0.15, 0.2) is 30.3 Å². The third kappa shape index (κ3) is 4.26. The molecule has 0 amide bonds. The van der Waals surface area contributed by atoms with Gasteiger partial charge in [0.15, 0.2) is 11.4 Å². The van der Waals surface area contributed by atoms with Crippen LogP contribution in [0.3, 0.4) is 0 Å². The Morgan fingerprint density at radius 1 is 0.860 bits per heavy atom. The third-order valence-corrected chi connectivity index (χ3v) is 11.1. The van der Waals surface area contributed by atoms with Crippen LogP contribution in [0.4, 0.5) is 0 Å². The Morgan fingerprint density at radius 2 is 1.47 bits per heavy atom. The predicted octanol–water partition coefficient (Wildman–Crippen LogP) is 3.81. The lowest BCUT2D eigenvalue weighted by Crippen LogP contribution is -2.72. The van der Waals surface area contributed by atoms with Crippen molar-refractivity contribution in [3.8, 4) is 0 Å². The summed E-state index contributed by atoms with van der Waals surface area (Å²) >= 11 is 0. The largest absolute Gasteiger partial charge is 0.461 e. The van der Waals surface area contributed by atoms with Crippen molar-refractivity contribution in [2.75, 3.05) is 0 Å². The number of esters is 4. The topological polar surface area (TPSA) is 143 Å². The zero-order valence-corrected chi connectivity index (χ0v) is 26.1. The minimum atomic E-state index is -1.82. The molecule has 1 N–H and O–H groups in total. The van der Waals surface area contributed by atoms with Gasteiger partial charge in [-0.15, -0.1) is 0 Å². The summed E-state index contributed by atoms with van der Waals surface area (Å²) in [7, 11) is 0. The van der Waals surface area contributed by atoms with E-state index < -0.39 is 87.4 Å². The van der Waals surface area contributed by atoms with Crippen LogP contribution in [-0.4, -0.2) is 64.3 Å². The van der Waals surface area contributed by atoms with Gasteiger partial charge in [0.2, 0.25) is 0 Å². The van der Waals surface area contributed by atoms with Gasteiger partial charge in [-0.25, -0.2) is 4.79 Å². The molecule has 10 heteroatoms. The molecule has 0 heterocycles. The molecular formula is C33H42O10. The van der Waals surface area contributed by atoms with Crippen LogP contribution in [0, 0.1) is 34.0 Å².